The Morgan fingerprint density at radius 1 is 1.17 bits per heavy atom. The van der Waals surface area contributed by atoms with Crippen LogP contribution in [0.4, 0.5) is 0 Å². The molecule has 1 aromatic rings. The summed E-state index contributed by atoms with van der Waals surface area (Å²) in [5.74, 6) is 0.346. The van der Waals surface area contributed by atoms with Gasteiger partial charge in [0.2, 0.25) is 10.4 Å². The molecule has 0 unspecified atom stereocenters. The summed E-state index contributed by atoms with van der Waals surface area (Å²) in [4.78, 5) is 1.56. The molecule has 0 fully saturated rings. The minimum atomic E-state index is -4.92. The van der Waals surface area contributed by atoms with Crippen molar-refractivity contribution in [1.82, 2.24) is 0 Å². The van der Waals surface area contributed by atoms with Crippen molar-refractivity contribution in [1.29, 1.82) is 0 Å². The Morgan fingerprint density at radius 2 is 1.56 bits per heavy atom. The van der Waals surface area contributed by atoms with Gasteiger partial charge in [-0.05, 0) is 38.1 Å². The van der Waals surface area contributed by atoms with E-state index in [4.69, 9.17) is 22.6 Å². The molecule has 0 saturated carbocycles. The summed E-state index contributed by atoms with van der Waals surface area (Å²) in [7, 11) is -4.92. The number of hydrogen-bond donors (Lipinski definition) is 3. The molecule has 0 amide bonds. The van der Waals surface area contributed by atoms with E-state index in [9.17, 15) is 0 Å². The Hall–Kier alpha value is -1.15. The maximum absolute atomic E-state index is 9.10. The molecule has 7 heteroatoms. The second kappa shape index (κ2) is 8.04. The van der Waals surface area contributed by atoms with Gasteiger partial charge in [-0.15, -0.1) is 0 Å². The summed E-state index contributed by atoms with van der Waals surface area (Å²) in [6.45, 7) is 7.74. The van der Waals surface area contributed by atoms with Gasteiger partial charge in [0.05, 0.1) is 13.1 Å². The molecule has 0 heterocycles. The Morgan fingerprint density at radius 3 is 1.89 bits per heavy atom. The van der Waals surface area contributed by atoms with Crippen molar-refractivity contribution in [3.05, 3.63) is 29.8 Å². The van der Waals surface area contributed by atoms with Gasteiger partial charge in [-0.2, -0.15) is 0 Å². The lowest BCUT2D eigenvalue weighted by Crippen LogP contribution is -3.10. The minimum Gasteiger partial charge on any atom is -0.726 e. The molecule has 1 rings (SSSR count). The highest BCUT2D eigenvalue weighted by atomic mass is 32.3. The lowest BCUT2D eigenvalue weighted by molar-refractivity contribution is -0.910. The quantitative estimate of drug-likeness (QED) is 0.523. The molecule has 0 aliphatic heterocycles. The Bertz CT molecular complexity index is 417. The molecule has 3 N–H and O–H groups in total. The first-order valence-corrected chi connectivity index (χ1v) is 6.92. The molecule has 1 aromatic carbocycles. The molecule has 0 atom stereocenters. The lowest BCUT2D eigenvalue weighted by Gasteiger charge is -2.14. The average Bonchev–Trinajstić information content (AvgIpc) is 2.26. The number of aromatic hydroxyl groups is 1. The zero-order valence-corrected chi connectivity index (χ0v) is 11.3. The molecule has 0 saturated heterocycles. The van der Waals surface area contributed by atoms with Gasteiger partial charge >= 0.3 is 0 Å². The van der Waals surface area contributed by atoms with Gasteiger partial charge in [0.1, 0.15) is 12.3 Å². The van der Waals surface area contributed by atoms with Crippen molar-refractivity contribution in [3.63, 3.8) is 0 Å². The Balaban J connectivity index is 0.000000494. The summed E-state index contributed by atoms with van der Waals surface area (Å²) in [5.41, 5.74) is 1.29. The van der Waals surface area contributed by atoms with Crippen LogP contribution in [-0.4, -0.2) is 35.7 Å². The van der Waals surface area contributed by atoms with Crippen LogP contribution in [0.2, 0.25) is 0 Å². The zero-order chi connectivity index (χ0) is 14.2. The van der Waals surface area contributed by atoms with E-state index in [1.54, 1.807) is 17.0 Å². The van der Waals surface area contributed by atoms with Gasteiger partial charge in [0, 0.05) is 5.56 Å². The predicted octanol–water partition coefficient (Wildman–Crippen LogP) is -0.178. The second-order valence-electron chi connectivity index (χ2n) is 3.73. The van der Waals surface area contributed by atoms with Crippen molar-refractivity contribution >= 4 is 10.4 Å². The molecule has 0 bridgehead atoms. The van der Waals surface area contributed by atoms with E-state index in [2.05, 4.69) is 13.8 Å². The molecular weight excluding hydrogens is 258 g/mol. The number of rotatable bonds is 4. The summed E-state index contributed by atoms with van der Waals surface area (Å²) >= 11 is 0. The number of phenolic OH excluding ortho intramolecular Hbond substituents is 1. The fourth-order valence-electron chi connectivity index (χ4n) is 1.40. The molecule has 18 heavy (non-hydrogen) atoms. The first-order valence-electron chi connectivity index (χ1n) is 5.56. The molecule has 6 nitrogen and oxygen atoms in total. The number of nitrogens with one attached hydrogen (secondary N) is 1. The molecule has 0 aromatic heterocycles. The number of phenols is 1. The van der Waals surface area contributed by atoms with Crippen LogP contribution in [0.15, 0.2) is 24.3 Å². The van der Waals surface area contributed by atoms with E-state index in [1.807, 2.05) is 12.1 Å². The van der Waals surface area contributed by atoms with Crippen LogP contribution in [0.3, 0.4) is 0 Å². The van der Waals surface area contributed by atoms with Crippen molar-refractivity contribution in [2.75, 3.05) is 13.1 Å². The lowest BCUT2D eigenvalue weighted by atomic mass is 10.2. The Kier molecular flexibility index (Phi) is 7.53. The third-order valence-corrected chi connectivity index (χ3v) is 2.39. The second-order valence-corrected chi connectivity index (χ2v) is 4.58. The fraction of sp³-hybridized carbons (Fsp3) is 0.455. The highest BCUT2D eigenvalue weighted by molar-refractivity contribution is 7.79. The maximum Gasteiger partial charge on any atom is 0.215 e. The minimum absolute atomic E-state index is 0.346. The van der Waals surface area contributed by atoms with Crippen molar-refractivity contribution in [2.24, 2.45) is 0 Å². The van der Waals surface area contributed by atoms with Crippen molar-refractivity contribution in [3.8, 4) is 5.75 Å². The zero-order valence-electron chi connectivity index (χ0n) is 10.5. The largest absolute Gasteiger partial charge is 0.726 e. The summed E-state index contributed by atoms with van der Waals surface area (Å²) < 4.78 is 32.8. The van der Waals surface area contributed by atoms with Gasteiger partial charge in [-0.1, -0.05) is 0 Å². The van der Waals surface area contributed by atoms with Crippen LogP contribution in [-0.2, 0) is 16.9 Å². The molecule has 0 aliphatic carbocycles. The third kappa shape index (κ3) is 10.0. The smallest absolute Gasteiger partial charge is 0.215 e. The van der Waals surface area contributed by atoms with E-state index in [-0.39, 0.29) is 0 Å². The van der Waals surface area contributed by atoms with Gasteiger partial charge in [-0.25, -0.2) is 8.42 Å². The average molecular weight is 277 g/mol. The van der Waals surface area contributed by atoms with Crippen molar-refractivity contribution in [2.45, 2.75) is 20.4 Å². The topological polar surface area (TPSA) is 102 Å². The van der Waals surface area contributed by atoms with Gasteiger partial charge in [-0.3, -0.25) is 4.55 Å². The monoisotopic (exact) mass is 277 g/mol. The van der Waals surface area contributed by atoms with E-state index >= 15 is 0 Å². The highest BCUT2D eigenvalue weighted by Crippen LogP contribution is 2.08. The Labute approximate surface area is 107 Å². The third-order valence-electron chi connectivity index (χ3n) is 2.39. The molecular formula is C11H19NO5S. The van der Waals surface area contributed by atoms with Crippen LogP contribution in [0.1, 0.15) is 19.4 Å². The van der Waals surface area contributed by atoms with Crippen LogP contribution in [0.25, 0.3) is 0 Å². The summed E-state index contributed by atoms with van der Waals surface area (Å²) in [6, 6.07) is 7.47. The maximum atomic E-state index is 9.10. The standard InChI is InChI=1S/C11H17NO.H2O4S/c1-3-12(4-2)9-10-5-7-11(13)8-6-10;1-5(2,3)4/h5-8,13H,3-4,9H2,1-2H3;(H2,1,2,3,4). The van der Waals surface area contributed by atoms with Crippen LogP contribution in [0, 0.1) is 0 Å². The molecule has 0 radical (unpaired) electrons. The van der Waals surface area contributed by atoms with E-state index in [0.29, 0.717) is 5.75 Å². The van der Waals surface area contributed by atoms with Gasteiger partial charge in [0.15, 0.2) is 0 Å². The molecule has 104 valence electrons. The van der Waals surface area contributed by atoms with E-state index < -0.39 is 10.4 Å². The molecule has 0 aliphatic rings. The van der Waals surface area contributed by atoms with Crippen LogP contribution < -0.4 is 4.90 Å². The van der Waals surface area contributed by atoms with E-state index in [1.165, 1.54) is 5.56 Å². The van der Waals surface area contributed by atoms with Gasteiger partial charge in [0.25, 0.3) is 0 Å². The summed E-state index contributed by atoms with van der Waals surface area (Å²) in [5, 5.41) is 9.10. The first-order chi connectivity index (χ1) is 8.26. The first kappa shape index (κ1) is 16.9. The normalized spacial score (nSPS) is 10.9. The predicted molar refractivity (Wildman–Crippen MR) is 66.2 cm³/mol. The number of quaternary nitrogens is 1. The van der Waals surface area contributed by atoms with Gasteiger partial charge < -0.3 is 14.6 Å². The number of benzene rings is 1. The number of hydrogen-bond acceptors (Lipinski definition) is 4. The summed E-state index contributed by atoms with van der Waals surface area (Å²) in [6.07, 6.45) is 0. The van der Waals surface area contributed by atoms with E-state index in [0.717, 1.165) is 19.6 Å². The SMILES string of the molecule is CC[NH+](CC)Cc1ccc(O)cc1.O=S(=O)([O-])O. The van der Waals surface area contributed by atoms with Crippen LogP contribution in [0.5, 0.6) is 5.75 Å². The molecule has 0 spiro atoms. The van der Waals surface area contributed by atoms with Crippen molar-refractivity contribution < 1.29 is 27.5 Å². The van der Waals surface area contributed by atoms with Crippen LogP contribution >= 0.6 is 0 Å². The highest BCUT2D eigenvalue weighted by Gasteiger charge is 2.03. The fourth-order valence-corrected chi connectivity index (χ4v) is 1.40.